The van der Waals surface area contributed by atoms with Crippen molar-refractivity contribution in [1.82, 2.24) is 20.3 Å². The summed E-state index contributed by atoms with van der Waals surface area (Å²) in [7, 11) is 0. The standard InChI is InChI=1S/C11H10N4O/c16-11(10-5-12-14-13-10)15-6-8-3-1-2-4-9(8)7-15/h1-5H,6-7H2,(H,12,13,14). The molecule has 0 spiro atoms. The fraction of sp³-hybridized carbons (Fsp3) is 0.182. The van der Waals surface area contributed by atoms with Crippen LogP contribution < -0.4 is 0 Å². The molecule has 0 atom stereocenters. The van der Waals surface area contributed by atoms with Crippen LogP contribution in [0.4, 0.5) is 0 Å². The van der Waals surface area contributed by atoms with Gasteiger partial charge in [-0.25, -0.2) is 0 Å². The smallest absolute Gasteiger partial charge is 0.276 e. The quantitative estimate of drug-likeness (QED) is 0.769. The average Bonchev–Trinajstić information content (AvgIpc) is 2.97. The van der Waals surface area contributed by atoms with Crippen molar-refractivity contribution in [1.29, 1.82) is 0 Å². The molecule has 0 fully saturated rings. The zero-order chi connectivity index (χ0) is 11.0. The minimum Gasteiger partial charge on any atom is -0.329 e. The highest BCUT2D eigenvalue weighted by atomic mass is 16.2. The topological polar surface area (TPSA) is 61.9 Å². The molecule has 1 aliphatic heterocycles. The maximum atomic E-state index is 12.0. The van der Waals surface area contributed by atoms with E-state index in [4.69, 9.17) is 0 Å². The van der Waals surface area contributed by atoms with E-state index in [1.807, 2.05) is 24.3 Å². The fourth-order valence-corrected chi connectivity index (χ4v) is 1.94. The van der Waals surface area contributed by atoms with E-state index in [2.05, 4.69) is 15.4 Å². The molecule has 0 aliphatic carbocycles. The second-order valence-electron chi connectivity index (χ2n) is 3.79. The zero-order valence-corrected chi connectivity index (χ0v) is 8.55. The predicted octanol–water partition coefficient (Wildman–Crippen LogP) is 0.961. The number of hydrogen-bond donors (Lipinski definition) is 1. The van der Waals surface area contributed by atoms with E-state index in [9.17, 15) is 4.79 Å². The lowest BCUT2D eigenvalue weighted by Crippen LogP contribution is -2.25. The Balaban J connectivity index is 1.84. The predicted molar refractivity (Wildman–Crippen MR) is 56.4 cm³/mol. The number of H-pyrrole nitrogens is 1. The number of benzene rings is 1. The molecule has 0 saturated heterocycles. The largest absolute Gasteiger partial charge is 0.329 e. The van der Waals surface area contributed by atoms with Crippen molar-refractivity contribution < 1.29 is 4.79 Å². The molecule has 80 valence electrons. The molecule has 5 heteroatoms. The van der Waals surface area contributed by atoms with Gasteiger partial charge in [-0.05, 0) is 11.1 Å². The summed E-state index contributed by atoms with van der Waals surface area (Å²) in [6, 6.07) is 8.07. The molecule has 0 radical (unpaired) electrons. The summed E-state index contributed by atoms with van der Waals surface area (Å²) in [5.41, 5.74) is 2.78. The van der Waals surface area contributed by atoms with Crippen molar-refractivity contribution in [3.8, 4) is 0 Å². The molecule has 0 saturated carbocycles. The van der Waals surface area contributed by atoms with Gasteiger partial charge in [0.2, 0.25) is 0 Å². The second-order valence-corrected chi connectivity index (χ2v) is 3.79. The number of amides is 1. The van der Waals surface area contributed by atoms with Crippen LogP contribution in [0.25, 0.3) is 0 Å². The maximum absolute atomic E-state index is 12.0. The van der Waals surface area contributed by atoms with E-state index in [1.54, 1.807) is 4.90 Å². The number of aromatic amines is 1. The Morgan fingerprint density at radius 1 is 1.25 bits per heavy atom. The van der Waals surface area contributed by atoms with Gasteiger partial charge >= 0.3 is 0 Å². The third-order valence-electron chi connectivity index (χ3n) is 2.76. The number of rotatable bonds is 1. The Labute approximate surface area is 92.1 Å². The molecule has 5 nitrogen and oxygen atoms in total. The molecule has 1 aromatic heterocycles. The van der Waals surface area contributed by atoms with E-state index in [0.29, 0.717) is 18.8 Å². The number of carbonyl (C=O) groups excluding carboxylic acids is 1. The highest BCUT2D eigenvalue weighted by Crippen LogP contribution is 2.23. The van der Waals surface area contributed by atoms with Crippen LogP contribution in [0.1, 0.15) is 21.6 Å². The summed E-state index contributed by atoms with van der Waals surface area (Å²) in [5, 5.41) is 9.88. The number of nitrogens with zero attached hydrogens (tertiary/aromatic N) is 3. The highest BCUT2D eigenvalue weighted by Gasteiger charge is 2.24. The van der Waals surface area contributed by atoms with Crippen LogP contribution in [0.15, 0.2) is 30.5 Å². The lowest BCUT2D eigenvalue weighted by Gasteiger charge is -2.12. The lowest BCUT2D eigenvalue weighted by atomic mass is 10.1. The molecule has 2 heterocycles. The number of hydrogen-bond acceptors (Lipinski definition) is 3. The molecular weight excluding hydrogens is 204 g/mol. The molecule has 1 N–H and O–H groups in total. The first-order chi connectivity index (χ1) is 7.84. The van der Waals surface area contributed by atoms with Gasteiger partial charge in [-0.1, -0.05) is 24.3 Å². The monoisotopic (exact) mass is 214 g/mol. The molecule has 0 unspecified atom stereocenters. The van der Waals surface area contributed by atoms with Gasteiger partial charge in [0.25, 0.3) is 5.91 Å². The summed E-state index contributed by atoms with van der Waals surface area (Å²) < 4.78 is 0. The Bertz CT molecular complexity index is 496. The minimum absolute atomic E-state index is 0.0787. The first kappa shape index (κ1) is 9.08. The van der Waals surface area contributed by atoms with Gasteiger partial charge < -0.3 is 4.90 Å². The van der Waals surface area contributed by atoms with Crippen LogP contribution in [0.3, 0.4) is 0 Å². The van der Waals surface area contributed by atoms with Gasteiger partial charge in [0, 0.05) is 13.1 Å². The van der Waals surface area contributed by atoms with E-state index in [1.165, 1.54) is 17.3 Å². The third kappa shape index (κ3) is 1.37. The van der Waals surface area contributed by atoms with Crippen LogP contribution >= 0.6 is 0 Å². The Kier molecular flexibility index (Phi) is 1.96. The van der Waals surface area contributed by atoms with Crippen LogP contribution in [0.5, 0.6) is 0 Å². The molecule has 1 amide bonds. The highest BCUT2D eigenvalue weighted by molar-refractivity contribution is 5.92. The van der Waals surface area contributed by atoms with E-state index >= 15 is 0 Å². The summed E-state index contributed by atoms with van der Waals surface area (Å²) >= 11 is 0. The Hall–Kier alpha value is -2.17. The van der Waals surface area contributed by atoms with Crippen LogP contribution in [0, 0.1) is 0 Å². The second kappa shape index (κ2) is 3.44. The summed E-state index contributed by atoms with van der Waals surface area (Å²) in [4.78, 5) is 13.7. The average molecular weight is 214 g/mol. The van der Waals surface area contributed by atoms with Gasteiger partial charge in [-0.15, -0.1) is 0 Å². The van der Waals surface area contributed by atoms with Crippen molar-refractivity contribution >= 4 is 5.91 Å². The maximum Gasteiger partial charge on any atom is 0.276 e. The van der Waals surface area contributed by atoms with Crippen molar-refractivity contribution in [3.05, 3.63) is 47.3 Å². The molecule has 1 aromatic carbocycles. The minimum atomic E-state index is -0.0787. The Morgan fingerprint density at radius 2 is 1.94 bits per heavy atom. The number of nitrogens with one attached hydrogen (secondary N) is 1. The molecule has 16 heavy (non-hydrogen) atoms. The molecule has 2 aromatic rings. The van der Waals surface area contributed by atoms with Crippen molar-refractivity contribution in [2.75, 3.05) is 0 Å². The fourth-order valence-electron chi connectivity index (χ4n) is 1.94. The first-order valence-corrected chi connectivity index (χ1v) is 5.06. The van der Waals surface area contributed by atoms with Crippen molar-refractivity contribution in [2.45, 2.75) is 13.1 Å². The van der Waals surface area contributed by atoms with Crippen LogP contribution in [0.2, 0.25) is 0 Å². The van der Waals surface area contributed by atoms with Gasteiger partial charge in [0.05, 0.1) is 6.20 Å². The number of aromatic nitrogens is 3. The SMILES string of the molecule is O=C(c1cn[nH]n1)N1Cc2ccccc2C1. The number of carbonyl (C=O) groups is 1. The lowest BCUT2D eigenvalue weighted by molar-refractivity contribution is 0.0745. The van der Waals surface area contributed by atoms with E-state index in [0.717, 1.165) is 0 Å². The third-order valence-corrected chi connectivity index (χ3v) is 2.76. The van der Waals surface area contributed by atoms with E-state index < -0.39 is 0 Å². The Morgan fingerprint density at radius 3 is 2.50 bits per heavy atom. The van der Waals surface area contributed by atoms with Gasteiger partial charge in [-0.3, -0.25) is 4.79 Å². The van der Waals surface area contributed by atoms with Crippen LogP contribution in [-0.4, -0.2) is 26.2 Å². The normalized spacial score (nSPS) is 13.9. The molecule has 3 rings (SSSR count). The van der Waals surface area contributed by atoms with Crippen molar-refractivity contribution in [2.24, 2.45) is 0 Å². The van der Waals surface area contributed by atoms with E-state index in [-0.39, 0.29) is 5.91 Å². The summed E-state index contributed by atoms with van der Waals surface area (Å²) in [6.45, 7) is 1.31. The summed E-state index contributed by atoms with van der Waals surface area (Å²) in [5.74, 6) is -0.0787. The number of fused-ring (bicyclic) bond motifs is 1. The van der Waals surface area contributed by atoms with Gasteiger partial charge in [0.1, 0.15) is 0 Å². The van der Waals surface area contributed by atoms with Crippen LogP contribution in [-0.2, 0) is 13.1 Å². The summed E-state index contributed by atoms with van der Waals surface area (Å²) in [6.07, 6.45) is 1.45. The van der Waals surface area contributed by atoms with Gasteiger partial charge in [0.15, 0.2) is 5.69 Å². The molecular formula is C11H10N4O. The van der Waals surface area contributed by atoms with Crippen molar-refractivity contribution in [3.63, 3.8) is 0 Å². The zero-order valence-electron chi connectivity index (χ0n) is 8.55. The first-order valence-electron chi connectivity index (χ1n) is 5.06. The van der Waals surface area contributed by atoms with Gasteiger partial charge in [-0.2, -0.15) is 15.4 Å². The molecule has 1 aliphatic rings. The molecule has 0 bridgehead atoms.